The van der Waals surface area contributed by atoms with Gasteiger partial charge < -0.3 is 4.79 Å². The van der Waals surface area contributed by atoms with Crippen molar-refractivity contribution in [2.75, 3.05) is 0 Å². The Morgan fingerprint density at radius 3 is 3.00 bits per heavy atom. The van der Waals surface area contributed by atoms with Gasteiger partial charge in [0, 0.05) is 12.1 Å². The van der Waals surface area contributed by atoms with Crippen LogP contribution in [0.4, 0.5) is 0 Å². The second kappa shape index (κ2) is 3.32. The van der Waals surface area contributed by atoms with Crippen molar-refractivity contribution in [2.24, 2.45) is 5.92 Å². The third-order valence-electron chi connectivity index (χ3n) is 1.47. The quantitative estimate of drug-likeness (QED) is 0.606. The molecule has 0 aliphatic carbocycles. The lowest BCUT2D eigenvalue weighted by atomic mass is 10.2. The van der Waals surface area contributed by atoms with E-state index >= 15 is 0 Å². The minimum absolute atomic E-state index is 0.0503. The first kappa shape index (κ1) is 7.98. The molecule has 0 bridgehead atoms. The zero-order valence-corrected chi connectivity index (χ0v) is 6.82. The molecule has 0 spiro atoms. The van der Waals surface area contributed by atoms with E-state index in [1.54, 1.807) is 10.9 Å². The van der Waals surface area contributed by atoms with Crippen LogP contribution in [0.3, 0.4) is 0 Å². The van der Waals surface area contributed by atoms with Crippen LogP contribution in [0.15, 0.2) is 12.4 Å². The molecule has 1 rings (SSSR count). The maximum atomic E-state index is 10.3. The summed E-state index contributed by atoms with van der Waals surface area (Å²) in [6.07, 6.45) is 4.66. The molecule has 60 valence electrons. The average molecular weight is 152 g/mol. The molecule has 0 aromatic carbocycles. The van der Waals surface area contributed by atoms with Crippen molar-refractivity contribution in [3.8, 4) is 0 Å². The van der Waals surface area contributed by atoms with Gasteiger partial charge in [-0.05, 0) is 12.5 Å². The predicted octanol–water partition coefficient (Wildman–Crippen LogP) is 1.03. The minimum Gasteiger partial charge on any atom is -0.303 e. The summed E-state index contributed by atoms with van der Waals surface area (Å²) in [5.41, 5.74) is 1.13. The number of aldehydes is 1. The molecule has 0 amide bonds. The molecular formula is C8H12N2O. The van der Waals surface area contributed by atoms with Crippen molar-refractivity contribution in [1.29, 1.82) is 0 Å². The first-order valence-corrected chi connectivity index (χ1v) is 3.66. The van der Waals surface area contributed by atoms with E-state index < -0.39 is 0 Å². The Morgan fingerprint density at radius 2 is 2.55 bits per heavy atom. The molecular weight excluding hydrogens is 140 g/mol. The number of carbonyl (C=O) groups excluding carboxylic acids is 1. The number of aryl methyl sites for hydroxylation is 1. The molecule has 1 heterocycles. The Labute approximate surface area is 66.0 Å². The smallest absolute Gasteiger partial charge is 0.124 e. The second-order valence-corrected chi connectivity index (χ2v) is 2.85. The van der Waals surface area contributed by atoms with Gasteiger partial charge in [0.15, 0.2) is 0 Å². The van der Waals surface area contributed by atoms with Crippen LogP contribution in [0, 0.1) is 12.8 Å². The van der Waals surface area contributed by atoms with Gasteiger partial charge in [0.25, 0.3) is 0 Å². The summed E-state index contributed by atoms with van der Waals surface area (Å²) in [6, 6.07) is 0. The lowest BCUT2D eigenvalue weighted by molar-refractivity contribution is -0.111. The Bertz CT molecular complexity index is 242. The highest BCUT2D eigenvalue weighted by atomic mass is 16.1. The van der Waals surface area contributed by atoms with E-state index in [0.717, 1.165) is 11.8 Å². The topological polar surface area (TPSA) is 34.9 Å². The molecule has 0 saturated heterocycles. The van der Waals surface area contributed by atoms with Crippen LogP contribution in [0.25, 0.3) is 0 Å². The van der Waals surface area contributed by atoms with Crippen LogP contribution in [-0.4, -0.2) is 16.1 Å². The van der Waals surface area contributed by atoms with Crippen molar-refractivity contribution < 1.29 is 4.79 Å². The fraction of sp³-hybridized carbons (Fsp3) is 0.500. The van der Waals surface area contributed by atoms with E-state index in [1.165, 1.54) is 0 Å². The van der Waals surface area contributed by atoms with E-state index in [9.17, 15) is 4.79 Å². The SMILES string of the molecule is Cc1cnn(CC(C)C=O)c1. The second-order valence-electron chi connectivity index (χ2n) is 2.85. The zero-order chi connectivity index (χ0) is 8.27. The molecule has 3 nitrogen and oxygen atoms in total. The van der Waals surface area contributed by atoms with Crippen LogP contribution >= 0.6 is 0 Å². The molecule has 0 aliphatic heterocycles. The molecule has 0 N–H and O–H groups in total. The fourth-order valence-corrected chi connectivity index (χ4v) is 0.905. The van der Waals surface area contributed by atoms with Gasteiger partial charge in [-0.15, -0.1) is 0 Å². The van der Waals surface area contributed by atoms with Crippen LogP contribution in [0.1, 0.15) is 12.5 Å². The Morgan fingerprint density at radius 1 is 1.82 bits per heavy atom. The minimum atomic E-state index is 0.0503. The lowest BCUT2D eigenvalue weighted by Gasteiger charge is -2.01. The average Bonchev–Trinajstić information content (AvgIpc) is 2.35. The van der Waals surface area contributed by atoms with E-state index in [1.807, 2.05) is 20.0 Å². The molecule has 1 atom stereocenters. The van der Waals surface area contributed by atoms with E-state index in [0.29, 0.717) is 6.54 Å². The first-order chi connectivity index (χ1) is 5.22. The number of carbonyl (C=O) groups is 1. The number of aromatic nitrogens is 2. The maximum absolute atomic E-state index is 10.3. The standard InChI is InChI=1S/C8H12N2O/c1-7-3-9-10(4-7)5-8(2)6-11/h3-4,6,8H,5H2,1-2H3. The summed E-state index contributed by atoms with van der Waals surface area (Å²) in [7, 11) is 0. The van der Waals surface area contributed by atoms with Crippen molar-refractivity contribution >= 4 is 6.29 Å². The van der Waals surface area contributed by atoms with Crippen LogP contribution in [0.2, 0.25) is 0 Å². The molecule has 1 aromatic rings. The highest BCUT2D eigenvalue weighted by molar-refractivity contribution is 5.52. The third kappa shape index (κ3) is 2.18. The number of nitrogens with zero attached hydrogens (tertiary/aromatic N) is 2. The van der Waals surface area contributed by atoms with E-state index in [2.05, 4.69) is 5.10 Å². The number of rotatable bonds is 3. The number of hydrogen-bond donors (Lipinski definition) is 0. The summed E-state index contributed by atoms with van der Waals surface area (Å²) >= 11 is 0. The van der Waals surface area contributed by atoms with Gasteiger partial charge in [-0.3, -0.25) is 4.68 Å². The number of hydrogen-bond acceptors (Lipinski definition) is 2. The van der Waals surface area contributed by atoms with Crippen molar-refractivity contribution in [1.82, 2.24) is 9.78 Å². The van der Waals surface area contributed by atoms with Gasteiger partial charge in [-0.25, -0.2) is 0 Å². The molecule has 1 aromatic heterocycles. The van der Waals surface area contributed by atoms with E-state index in [4.69, 9.17) is 0 Å². The summed E-state index contributed by atoms with van der Waals surface area (Å²) in [6.45, 7) is 4.54. The Kier molecular flexibility index (Phi) is 2.41. The molecule has 0 radical (unpaired) electrons. The molecule has 0 fully saturated rings. The molecule has 0 saturated carbocycles. The third-order valence-corrected chi connectivity index (χ3v) is 1.47. The van der Waals surface area contributed by atoms with Crippen LogP contribution in [-0.2, 0) is 11.3 Å². The van der Waals surface area contributed by atoms with Crippen molar-refractivity contribution in [3.05, 3.63) is 18.0 Å². The van der Waals surface area contributed by atoms with Gasteiger partial charge in [0.2, 0.25) is 0 Å². The highest BCUT2D eigenvalue weighted by Gasteiger charge is 2.00. The summed E-state index contributed by atoms with van der Waals surface area (Å²) in [5.74, 6) is 0.0503. The van der Waals surface area contributed by atoms with Gasteiger partial charge >= 0.3 is 0 Å². The largest absolute Gasteiger partial charge is 0.303 e. The van der Waals surface area contributed by atoms with Crippen LogP contribution < -0.4 is 0 Å². The summed E-state index contributed by atoms with van der Waals surface area (Å²) in [5, 5.41) is 4.06. The molecule has 1 unspecified atom stereocenters. The monoisotopic (exact) mass is 152 g/mol. The summed E-state index contributed by atoms with van der Waals surface area (Å²) < 4.78 is 1.79. The van der Waals surface area contributed by atoms with Crippen molar-refractivity contribution in [2.45, 2.75) is 20.4 Å². The maximum Gasteiger partial charge on any atom is 0.124 e. The van der Waals surface area contributed by atoms with Gasteiger partial charge in [0.1, 0.15) is 6.29 Å². The van der Waals surface area contributed by atoms with Gasteiger partial charge in [0.05, 0.1) is 12.7 Å². The first-order valence-electron chi connectivity index (χ1n) is 3.66. The zero-order valence-electron chi connectivity index (χ0n) is 6.82. The normalized spacial score (nSPS) is 12.9. The summed E-state index contributed by atoms with van der Waals surface area (Å²) in [4.78, 5) is 10.3. The molecule has 3 heteroatoms. The van der Waals surface area contributed by atoms with E-state index in [-0.39, 0.29) is 5.92 Å². The van der Waals surface area contributed by atoms with Gasteiger partial charge in [-0.1, -0.05) is 6.92 Å². The highest BCUT2D eigenvalue weighted by Crippen LogP contribution is 1.98. The molecule has 0 aliphatic rings. The molecule has 11 heavy (non-hydrogen) atoms. The Hall–Kier alpha value is -1.12. The van der Waals surface area contributed by atoms with Crippen LogP contribution in [0.5, 0.6) is 0 Å². The Balaban J connectivity index is 2.57. The lowest BCUT2D eigenvalue weighted by Crippen LogP contribution is -2.08. The van der Waals surface area contributed by atoms with Gasteiger partial charge in [-0.2, -0.15) is 5.10 Å². The predicted molar refractivity (Wildman–Crippen MR) is 42.2 cm³/mol. The fourth-order valence-electron chi connectivity index (χ4n) is 0.905. The van der Waals surface area contributed by atoms with Crippen molar-refractivity contribution in [3.63, 3.8) is 0 Å².